The van der Waals surface area contributed by atoms with Gasteiger partial charge in [0.15, 0.2) is 24.1 Å². The van der Waals surface area contributed by atoms with Gasteiger partial charge in [-0.1, -0.05) is 36.4 Å². The Morgan fingerprint density at radius 1 is 1.10 bits per heavy atom. The normalized spacial score (nSPS) is 12.9. The van der Waals surface area contributed by atoms with Crippen molar-refractivity contribution in [1.29, 1.82) is 0 Å². The Hall–Kier alpha value is -2.94. The molecular formula is C22H28F3N3O3. The average molecular weight is 439 g/mol. The summed E-state index contributed by atoms with van der Waals surface area (Å²) in [4.78, 5) is 4.51. The number of halogens is 3. The predicted molar refractivity (Wildman–Crippen MR) is 114 cm³/mol. The van der Waals surface area contributed by atoms with Crippen LogP contribution < -0.4 is 20.1 Å². The minimum atomic E-state index is -4.42. The van der Waals surface area contributed by atoms with Crippen LogP contribution in [0.4, 0.5) is 13.2 Å². The molecule has 0 radical (unpaired) electrons. The second-order valence-corrected chi connectivity index (χ2v) is 6.76. The van der Waals surface area contributed by atoms with Crippen LogP contribution in [0.5, 0.6) is 11.5 Å². The molecule has 0 aliphatic rings. The monoisotopic (exact) mass is 439 g/mol. The van der Waals surface area contributed by atoms with Crippen molar-refractivity contribution >= 4 is 5.96 Å². The molecule has 0 bridgehead atoms. The molecule has 1 unspecified atom stereocenters. The van der Waals surface area contributed by atoms with E-state index in [0.717, 1.165) is 11.1 Å². The maximum Gasteiger partial charge on any atom is 0.422 e. The van der Waals surface area contributed by atoms with Crippen molar-refractivity contribution in [2.45, 2.75) is 25.6 Å². The Labute approximate surface area is 180 Å². The van der Waals surface area contributed by atoms with Gasteiger partial charge in [-0.15, -0.1) is 0 Å². The lowest BCUT2D eigenvalue weighted by Crippen LogP contribution is -2.39. The van der Waals surface area contributed by atoms with Crippen molar-refractivity contribution in [3.8, 4) is 11.5 Å². The summed E-state index contributed by atoms with van der Waals surface area (Å²) in [6, 6.07) is 14.4. The molecule has 31 heavy (non-hydrogen) atoms. The molecule has 2 rings (SSSR count). The molecule has 0 saturated heterocycles. The number of ether oxygens (including phenoxy) is 2. The van der Waals surface area contributed by atoms with E-state index in [4.69, 9.17) is 9.47 Å². The van der Waals surface area contributed by atoms with Crippen LogP contribution in [-0.2, 0) is 6.54 Å². The molecule has 9 heteroatoms. The SMILES string of the molecule is CCNC(=NCc1ccc(OCC(F)(F)F)c(OC)c1)NCC(CO)c1ccccc1. The number of hydrogen-bond acceptors (Lipinski definition) is 4. The third kappa shape index (κ3) is 8.37. The molecule has 0 amide bonds. The lowest BCUT2D eigenvalue weighted by molar-refractivity contribution is -0.153. The number of nitrogens with zero attached hydrogens (tertiary/aromatic N) is 1. The van der Waals surface area contributed by atoms with Crippen molar-refractivity contribution in [2.75, 3.05) is 33.4 Å². The van der Waals surface area contributed by atoms with E-state index in [9.17, 15) is 18.3 Å². The van der Waals surface area contributed by atoms with Crippen molar-refractivity contribution < 1.29 is 27.8 Å². The minimum absolute atomic E-state index is 0.00694. The van der Waals surface area contributed by atoms with E-state index in [-0.39, 0.29) is 30.6 Å². The summed E-state index contributed by atoms with van der Waals surface area (Å²) >= 11 is 0. The van der Waals surface area contributed by atoms with Gasteiger partial charge in [-0.05, 0) is 30.2 Å². The number of aliphatic imine (C=N–C) groups is 1. The van der Waals surface area contributed by atoms with Gasteiger partial charge in [0.1, 0.15) is 0 Å². The number of hydrogen-bond donors (Lipinski definition) is 3. The highest BCUT2D eigenvalue weighted by atomic mass is 19.4. The Kier molecular flexibility index (Phi) is 9.45. The summed E-state index contributed by atoms with van der Waals surface area (Å²) in [6.45, 7) is 1.96. The molecule has 0 saturated carbocycles. The van der Waals surface area contributed by atoms with E-state index in [0.29, 0.717) is 19.0 Å². The fourth-order valence-electron chi connectivity index (χ4n) is 2.83. The van der Waals surface area contributed by atoms with Crippen LogP contribution in [0.3, 0.4) is 0 Å². The van der Waals surface area contributed by atoms with E-state index < -0.39 is 12.8 Å². The van der Waals surface area contributed by atoms with E-state index >= 15 is 0 Å². The molecule has 0 aliphatic heterocycles. The fraction of sp³-hybridized carbons (Fsp3) is 0.409. The Balaban J connectivity index is 2.03. The van der Waals surface area contributed by atoms with Crippen molar-refractivity contribution in [1.82, 2.24) is 10.6 Å². The molecular weight excluding hydrogens is 411 g/mol. The highest BCUT2D eigenvalue weighted by molar-refractivity contribution is 5.79. The lowest BCUT2D eigenvalue weighted by atomic mass is 10.0. The summed E-state index contributed by atoms with van der Waals surface area (Å²) in [5.74, 6) is 0.703. The summed E-state index contributed by atoms with van der Waals surface area (Å²) in [6.07, 6.45) is -4.42. The fourth-order valence-corrected chi connectivity index (χ4v) is 2.83. The largest absolute Gasteiger partial charge is 0.493 e. The minimum Gasteiger partial charge on any atom is -0.493 e. The second kappa shape index (κ2) is 12.0. The lowest BCUT2D eigenvalue weighted by Gasteiger charge is -2.18. The van der Waals surface area contributed by atoms with Crippen molar-refractivity contribution in [3.05, 3.63) is 59.7 Å². The van der Waals surface area contributed by atoms with Gasteiger partial charge in [0.05, 0.1) is 20.3 Å². The molecule has 2 aromatic carbocycles. The Bertz CT molecular complexity index is 830. The van der Waals surface area contributed by atoms with Crippen LogP contribution in [-0.4, -0.2) is 50.7 Å². The Morgan fingerprint density at radius 2 is 1.84 bits per heavy atom. The first-order valence-electron chi connectivity index (χ1n) is 9.90. The van der Waals surface area contributed by atoms with Crippen molar-refractivity contribution in [2.24, 2.45) is 4.99 Å². The summed E-state index contributed by atoms with van der Waals surface area (Å²) in [7, 11) is 1.37. The first-order valence-corrected chi connectivity index (χ1v) is 9.90. The molecule has 0 fully saturated rings. The standard InChI is InChI=1S/C22H28F3N3O3/c1-3-26-21(28-13-18(14-29)17-7-5-4-6-8-17)27-12-16-9-10-19(20(11-16)30-2)31-15-22(23,24)25/h4-11,18,29H,3,12-15H2,1-2H3,(H2,26,27,28). The number of aliphatic hydroxyl groups excluding tert-OH is 1. The summed E-state index contributed by atoms with van der Waals surface area (Å²) in [5, 5.41) is 16.1. The van der Waals surface area contributed by atoms with Gasteiger partial charge in [0.25, 0.3) is 0 Å². The van der Waals surface area contributed by atoms with Crippen LogP contribution in [0.15, 0.2) is 53.5 Å². The molecule has 0 heterocycles. The van der Waals surface area contributed by atoms with E-state index in [2.05, 4.69) is 15.6 Å². The molecule has 2 aromatic rings. The van der Waals surface area contributed by atoms with E-state index in [1.165, 1.54) is 13.2 Å². The van der Waals surface area contributed by atoms with Gasteiger partial charge in [0.2, 0.25) is 0 Å². The zero-order valence-corrected chi connectivity index (χ0v) is 17.6. The van der Waals surface area contributed by atoms with Gasteiger partial charge in [-0.2, -0.15) is 13.2 Å². The van der Waals surface area contributed by atoms with E-state index in [1.807, 2.05) is 37.3 Å². The van der Waals surface area contributed by atoms with Gasteiger partial charge >= 0.3 is 6.18 Å². The summed E-state index contributed by atoms with van der Waals surface area (Å²) in [5.41, 5.74) is 1.77. The maximum absolute atomic E-state index is 12.4. The number of guanidine groups is 1. The smallest absolute Gasteiger partial charge is 0.422 e. The van der Waals surface area contributed by atoms with Crippen LogP contribution >= 0.6 is 0 Å². The third-order valence-electron chi connectivity index (χ3n) is 4.39. The first kappa shape index (κ1) is 24.3. The van der Waals surface area contributed by atoms with Crippen LogP contribution in [0.2, 0.25) is 0 Å². The molecule has 0 aromatic heterocycles. The number of aliphatic hydroxyl groups is 1. The second-order valence-electron chi connectivity index (χ2n) is 6.76. The zero-order chi connectivity index (χ0) is 22.7. The van der Waals surface area contributed by atoms with E-state index in [1.54, 1.807) is 12.1 Å². The van der Waals surface area contributed by atoms with Crippen molar-refractivity contribution in [3.63, 3.8) is 0 Å². The molecule has 3 N–H and O–H groups in total. The predicted octanol–water partition coefficient (Wildman–Crippen LogP) is 3.47. The number of rotatable bonds is 10. The van der Waals surface area contributed by atoms with Gasteiger partial charge in [-0.25, -0.2) is 4.99 Å². The molecule has 6 nitrogen and oxygen atoms in total. The van der Waals surface area contributed by atoms with Gasteiger partial charge < -0.3 is 25.2 Å². The molecule has 170 valence electrons. The summed E-state index contributed by atoms with van der Waals surface area (Å²) < 4.78 is 47.1. The molecule has 0 aliphatic carbocycles. The average Bonchev–Trinajstić information content (AvgIpc) is 2.76. The highest BCUT2D eigenvalue weighted by Gasteiger charge is 2.29. The van der Waals surface area contributed by atoms with Crippen LogP contribution in [0.1, 0.15) is 24.0 Å². The number of nitrogens with one attached hydrogen (secondary N) is 2. The quantitative estimate of drug-likeness (QED) is 0.391. The van der Waals surface area contributed by atoms with Gasteiger partial charge in [-0.3, -0.25) is 0 Å². The molecule has 0 spiro atoms. The molecule has 1 atom stereocenters. The Morgan fingerprint density at radius 3 is 2.45 bits per heavy atom. The number of alkyl halides is 3. The maximum atomic E-state index is 12.4. The third-order valence-corrected chi connectivity index (χ3v) is 4.39. The number of methoxy groups -OCH3 is 1. The first-order chi connectivity index (χ1) is 14.9. The number of benzene rings is 2. The van der Waals surface area contributed by atoms with Crippen LogP contribution in [0, 0.1) is 0 Å². The highest BCUT2D eigenvalue weighted by Crippen LogP contribution is 2.30. The van der Waals surface area contributed by atoms with Gasteiger partial charge in [0, 0.05) is 19.0 Å². The zero-order valence-electron chi connectivity index (χ0n) is 17.6. The van der Waals surface area contributed by atoms with Crippen LogP contribution in [0.25, 0.3) is 0 Å². The topological polar surface area (TPSA) is 75.1 Å².